The molecule has 0 amide bonds. The third-order valence-corrected chi connectivity index (χ3v) is 10.5. The zero-order chi connectivity index (χ0) is 30.5. The summed E-state index contributed by atoms with van der Waals surface area (Å²) in [5.41, 5.74) is 14.3. The third kappa shape index (κ3) is 3.29. The van der Waals surface area contributed by atoms with Crippen LogP contribution in [-0.2, 0) is 7.05 Å². The Morgan fingerprint density at radius 3 is 2.13 bits per heavy atom. The molecule has 218 valence electrons. The van der Waals surface area contributed by atoms with Gasteiger partial charge in [-0.05, 0) is 52.9 Å². The van der Waals surface area contributed by atoms with Crippen molar-refractivity contribution < 1.29 is 4.57 Å². The first-order valence-corrected chi connectivity index (χ1v) is 16.2. The molecule has 1 aliphatic heterocycles. The molecule has 0 saturated heterocycles. The van der Waals surface area contributed by atoms with Crippen molar-refractivity contribution >= 4 is 38.8 Å². The van der Waals surface area contributed by atoms with E-state index in [0.29, 0.717) is 0 Å². The van der Waals surface area contributed by atoms with Gasteiger partial charge in [0.2, 0.25) is 0 Å². The van der Waals surface area contributed by atoms with Gasteiger partial charge in [0.15, 0.2) is 0 Å². The molecule has 0 N–H and O–H groups in total. The van der Waals surface area contributed by atoms with Crippen LogP contribution in [0.3, 0.4) is 0 Å². The molecule has 2 unspecified atom stereocenters. The van der Waals surface area contributed by atoms with E-state index in [4.69, 9.17) is 0 Å². The number of hydrogen-bond acceptors (Lipinski definition) is 0. The van der Waals surface area contributed by atoms with Gasteiger partial charge < -0.3 is 4.57 Å². The Morgan fingerprint density at radius 2 is 1.26 bits per heavy atom. The Labute approximate surface area is 267 Å². The second-order valence-electron chi connectivity index (χ2n) is 12.8. The average Bonchev–Trinajstić information content (AvgIpc) is 3.63. The minimum atomic E-state index is -0.00832. The Balaban J connectivity index is 1.47. The van der Waals surface area contributed by atoms with Crippen LogP contribution in [0, 0.1) is 6.92 Å². The highest BCUT2D eigenvalue weighted by Gasteiger charge is 2.42. The van der Waals surface area contributed by atoms with E-state index in [1.807, 2.05) is 0 Å². The zero-order valence-electron chi connectivity index (χ0n) is 25.9. The Morgan fingerprint density at radius 1 is 0.587 bits per heavy atom. The largest absolute Gasteiger partial charge is 0.328 e. The van der Waals surface area contributed by atoms with Crippen LogP contribution in [0.25, 0.3) is 66.9 Å². The fourth-order valence-electron chi connectivity index (χ4n) is 8.58. The zero-order valence-corrected chi connectivity index (χ0v) is 25.9. The topological polar surface area (TPSA) is 13.7 Å². The van der Waals surface area contributed by atoms with E-state index >= 15 is 0 Å². The van der Waals surface area contributed by atoms with Crippen LogP contribution >= 0.6 is 0 Å². The third-order valence-electron chi connectivity index (χ3n) is 10.5. The number of para-hydroxylation sites is 3. The molecule has 0 radical (unpaired) electrons. The maximum Gasteiger partial charge on any atom is 0.286 e. The molecule has 2 aliphatic rings. The fraction of sp³-hybridized carbons (Fsp3) is 0.0930. The van der Waals surface area contributed by atoms with Crippen LogP contribution in [0.4, 0.5) is 0 Å². The highest BCUT2D eigenvalue weighted by molar-refractivity contribution is 6.14. The summed E-state index contributed by atoms with van der Waals surface area (Å²) in [6.07, 6.45) is 7.06. The molecule has 0 fully saturated rings. The number of hydrogen-bond donors (Lipinski definition) is 0. The van der Waals surface area contributed by atoms with E-state index in [-0.39, 0.29) is 12.0 Å². The number of benzene rings is 5. The molecule has 1 aliphatic carbocycles. The molecule has 3 aromatic heterocycles. The van der Waals surface area contributed by atoms with E-state index in [1.165, 1.54) is 77.3 Å². The number of aryl methyl sites for hydroxylation is 2. The number of nitrogens with zero attached hydrogens (tertiary/aromatic N) is 3. The first-order valence-electron chi connectivity index (χ1n) is 16.2. The van der Waals surface area contributed by atoms with Crippen molar-refractivity contribution in [2.24, 2.45) is 7.05 Å². The van der Waals surface area contributed by atoms with Crippen molar-refractivity contribution in [1.29, 1.82) is 0 Å². The lowest BCUT2D eigenvalue weighted by molar-refractivity contribution is -0.665. The highest BCUT2D eigenvalue weighted by atomic mass is 15.2. The normalized spacial score (nSPS) is 16.4. The minimum absolute atomic E-state index is 0.00832. The quantitative estimate of drug-likeness (QED) is 0.169. The second-order valence-corrected chi connectivity index (χ2v) is 12.8. The fourth-order valence-corrected chi connectivity index (χ4v) is 8.58. The second kappa shape index (κ2) is 9.42. The van der Waals surface area contributed by atoms with E-state index in [2.05, 4.69) is 173 Å². The van der Waals surface area contributed by atoms with Gasteiger partial charge in [-0.15, -0.1) is 0 Å². The smallest absolute Gasteiger partial charge is 0.286 e. The molecule has 10 rings (SSSR count). The molecule has 0 spiro atoms. The molecule has 3 heteroatoms. The van der Waals surface area contributed by atoms with Crippen molar-refractivity contribution in [2.45, 2.75) is 18.9 Å². The van der Waals surface area contributed by atoms with Crippen LogP contribution < -0.4 is 4.57 Å². The van der Waals surface area contributed by atoms with Gasteiger partial charge in [0.05, 0.1) is 18.8 Å². The average molecular weight is 591 g/mol. The minimum Gasteiger partial charge on any atom is -0.328 e. The number of allylic oxidation sites excluding steroid dienone is 1. The van der Waals surface area contributed by atoms with Crippen LogP contribution in [0.5, 0.6) is 0 Å². The van der Waals surface area contributed by atoms with E-state index < -0.39 is 0 Å². The first kappa shape index (κ1) is 25.6. The first-order chi connectivity index (χ1) is 22.7. The summed E-state index contributed by atoms with van der Waals surface area (Å²) in [6, 6.07) is 47.3. The Kier molecular flexibility index (Phi) is 5.25. The van der Waals surface area contributed by atoms with Crippen molar-refractivity contribution in [3.8, 4) is 28.1 Å². The maximum absolute atomic E-state index is 2.69. The van der Waals surface area contributed by atoms with Crippen LogP contribution in [-0.4, -0.2) is 9.13 Å². The lowest BCUT2D eigenvalue weighted by atomic mass is 9.79. The summed E-state index contributed by atoms with van der Waals surface area (Å²) in [5.74, 6) is 1.26. The van der Waals surface area contributed by atoms with E-state index in [9.17, 15) is 0 Å². The van der Waals surface area contributed by atoms with Gasteiger partial charge in [-0.3, -0.25) is 0 Å². The molecular formula is C43H32N3+. The van der Waals surface area contributed by atoms with Gasteiger partial charge in [0.1, 0.15) is 17.3 Å². The summed E-state index contributed by atoms with van der Waals surface area (Å²) in [6.45, 7) is 2.25. The molecule has 4 heterocycles. The van der Waals surface area contributed by atoms with E-state index in [1.54, 1.807) is 0 Å². The summed E-state index contributed by atoms with van der Waals surface area (Å²) >= 11 is 0. The molecular weight excluding hydrogens is 558 g/mol. The molecule has 0 saturated carbocycles. The number of fused-ring (bicyclic) bond motifs is 14. The van der Waals surface area contributed by atoms with Crippen molar-refractivity contribution in [1.82, 2.24) is 9.13 Å². The maximum atomic E-state index is 2.69. The van der Waals surface area contributed by atoms with Gasteiger partial charge in [-0.2, -0.15) is 4.57 Å². The van der Waals surface area contributed by atoms with Gasteiger partial charge in [-0.1, -0.05) is 115 Å². The SMILES string of the molecule is Cc1cccc2c3c(n(-c4cccc[n+]4C)c12)C1C(C=C3)c2ccccc2-c2ccccc2-c2cccc3c4ccccc4n1c23. The molecule has 3 nitrogen and oxygen atoms in total. The number of pyridine rings is 1. The predicted octanol–water partition coefficient (Wildman–Crippen LogP) is 9.92. The summed E-state index contributed by atoms with van der Waals surface area (Å²) in [4.78, 5) is 0. The number of rotatable bonds is 1. The molecule has 0 bridgehead atoms. The Bertz CT molecular complexity index is 2580. The van der Waals surface area contributed by atoms with Crippen molar-refractivity contribution in [2.75, 3.05) is 0 Å². The monoisotopic (exact) mass is 590 g/mol. The molecule has 8 aromatic rings. The standard InChI is InChI=1S/C43H32N3/c1-27-13-11-19-35-37-25-24-36-31-17-6-4-15-29(31)28-14-3-5-16-30(28)33-20-12-21-34-32-18-7-8-22-38(32)45(41(33)34)42(36)43(37)46(40(27)35)39-23-9-10-26-44(39)2/h3-26,36,42H,1-2H3/q+1. The van der Waals surface area contributed by atoms with Crippen molar-refractivity contribution in [3.05, 3.63) is 162 Å². The summed E-state index contributed by atoms with van der Waals surface area (Å²) in [5, 5.41) is 3.89. The highest BCUT2D eigenvalue weighted by Crippen LogP contribution is 2.53. The number of aromatic nitrogens is 3. The van der Waals surface area contributed by atoms with Crippen molar-refractivity contribution in [3.63, 3.8) is 0 Å². The predicted molar refractivity (Wildman–Crippen MR) is 189 cm³/mol. The summed E-state index contributed by atoms with van der Waals surface area (Å²) in [7, 11) is 2.16. The molecule has 46 heavy (non-hydrogen) atoms. The van der Waals surface area contributed by atoms with Crippen LogP contribution in [0.2, 0.25) is 0 Å². The summed E-state index contributed by atoms with van der Waals surface area (Å²) < 4.78 is 7.52. The van der Waals surface area contributed by atoms with Crippen LogP contribution in [0.1, 0.15) is 34.3 Å². The molecule has 2 atom stereocenters. The van der Waals surface area contributed by atoms with Gasteiger partial charge >= 0.3 is 0 Å². The van der Waals surface area contributed by atoms with Gasteiger partial charge in [0.25, 0.3) is 5.82 Å². The Hall–Kier alpha value is -5.67. The van der Waals surface area contributed by atoms with Gasteiger partial charge in [-0.25, -0.2) is 4.57 Å². The lowest BCUT2D eigenvalue weighted by Crippen LogP contribution is -2.35. The molecule has 5 aromatic carbocycles. The van der Waals surface area contributed by atoms with Gasteiger partial charge in [0, 0.05) is 44.8 Å². The lowest BCUT2D eigenvalue weighted by Gasteiger charge is -2.31. The van der Waals surface area contributed by atoms with E-state index in [0.717, 1.165) is 5.82 Å². The van der Waals surface area contributed by atoms with Crippen LogP contribution in [0.15, 0.2) is 140 Å².